The fourth-order valence-electron chi connectivity index (χ4n) is 2.75. The Morgan fingerprint density at radius 3 is 2.48 bits per heavy atom. The first-order chi connectivity index (χ1) is 12.0. The van der Waals surface area contributed by atoms with Gasteiger partial charge in [0.05, 0.1) is 6.42 Å². The number of hydrogen-bond donors (Lipinski definition) is 2. The minimum absolute atomic E-state index is 0.0777. The number of benzene rings is 2. The van der Waals surface area contributed by atoms with E-state index in [0.29, 0.717) is 0 Å². The van der Waals surface area contributed by atoms with Crippen LogP contribution in [0.1, 0.15) is 11.1 Å². The second kappa shape index (κ2) is 7.17. The van der Waals surface area contributed by atoms with Gasteiger partial charge in [-0.3, -0.25) is 20.4 Å². The van der Waals surface area contributed by atoms with Crippen LogP contribution in [0.4, 0.5) is 4.39 Å². The minimum atomic E-state index is -0.480. The van der Waals surface area contributed by atoms with Crippen molar-refractivity contribution in [3.63, 3.8) is 0 Å². The van der Waals surface area contributed by atoms with E-state index in [0.717, 1.165) is 16.5 Å². The maximum Gasteiger partial charge on any atom is 0.258 e. The molecule has 1 heterocycles. The van der Waals surface area contributed by atoms with Crippen LogP contribution in [0.3, 0.4) is 0 Å². The Morgan fingerprint density at radius 1 is 1.00 bits per heavy atom. The molecule has 0 radical (unpaired) electrons. The fraction of sp³-hybridized carbons (Fsp3) is 0.158. The van der Waals surface area contributed by atoms with Crippen LogP contribution < -0.4 is 10.9 Å². The van der Waals surface area contributed by atoms with Crippen LogP contribution >= 0.6 is 0 Å². The van der Waals surface area contributed by atoms with Crippen molar-refractivity contribution in [2.45, 2.75) is 19.9 Å². The van der Waals surface area contributed by atoms with Gasteiger partial charge in [0.2, 0.25) is 5.91 Å². The van der Waals surface area contributed by atoms with Gasteiger partial charge in [-0.2, -0.15) is 0 Å². The van der Waals surface area contributed by atoms with Crippen LogP contribution in [0, 0.1) is 12.7 Å². The maximum atomic E-state index is 13.5. The van der Waals surface area contributed by atoms with Gasteiger partial charge in [-0.25, -0.2) is 4.39 Å². The first-order valence-corrected chi connectivity index (χ1v) is 7.90. The highest BCUT2D eigenvalue weighted by Crippen LogP contribution is 2.19. The standard InChI is InChI=1S/C19H18FN3O2/c1-13-11-23(17-9-5-3-7-15(13)17)12-19(25)22-21-18(24)10-14-6-2-4-8-16(14)20/h2-9,11H,10,12H2,1H3,(H,21,24)(H,22,25). The molecule has 2 aromatic carbocycles. The zero-order chi connectivity index (χ0) is 17.8. The predicted molar refractivity (Wildman–Crippen MR) is 93.1 cm³/mol. The number of amides is 2. The van der Waals surface area contributed by atoms with E-state index in [2.05, 4.69) is 10.9 Å². The maximum absolute atomic E-state index is 13.5. The number of hydrazine groups is 1. The van der Waals surface area contributed by atoms with Gasteiger partial charge in [-0.15, -0.1) is 0 Å². The van der Waals surface area contributed by atoms with Crippen molar-refractivity contribution in [1.82, 2.24) is 15.4 Å². The quantitative estimate of drug-likeness (QED) is 0.717. The molecule has 2 amide bonds. The van der Waals surface area contributed by atoms with E-state index in [1.165, 1.54) is 12.1 Å². The average Bonchev–Trinajstić information content (AvgIpc) is 2.91. The molecule has 0 atom stereocenters. The van der Waals surface area contributed by atoms with E-state index in [4.69, 9.17) is 0 Å². The van der Waals surface area contributed by atoms with Crippen LogP contribution in [0.2, 0.25) is 0 Å². The Morgan fingerprint density at radius 2 is 1.68 bits per heavy atom. The van der Waals surface area contributed by atoms with E-state index in [-0.39, 0.29) is 24.4 Å². The van der Waals surface area contributed by atoms with Crippen molar-refractivity contribution in [3.8, 4) is 0 Å². The summed E-state index contributed by atoms with van der Waals surface area (Å²) in [7, 11) is 0. The van der Waals surface area contributed by atoms with E-state index < -0.39 is 11.7 Å². The largest absolute Gasteiger partial charge is 0.338 e. The number of hydrogen-bond acceptors (Lipinski definition) is 2. The molecule has 128 valence electrons. The van der Waals surface area contributed by atoms with Crippen molar-refractivity contribution < 1.29 is 14.0 Å². The topological polar surface area (TPSA) is 63.1 Å². The number of rotatable bonds is 4. The summed E-state index contributed by atoms with van der Waals surface area (Å²) in [5.74, 6) is -1.28. The molecule has 3 aromatic rings. The van der Waals surface area contributed by atoms with Gasteiger partial charge < -0.3 is 4.57 Å². The summed E-state index contributed by atoms with van der Waals surface area (Å²) in [6.45, 7) is 2.06. The smallest absolute Gasteiger partial charge is 0.258 e. The van der Waals surface area contributed by atoms with Gasteiger partial charge >= 0.3 is 0 Å². The molecule has 5 nitrogen and oxygen atoms in total. The van der Waals surface area contributed by atoms with Gasteiger partial charge in [0.15, 0.2) is 0 Å². The summed E-state index contributed by atoms with van der Waals surface area (Å²) >= 11 is 0. The van der Waals surface area contributed by atoms with Gasteiger partial charge in [0, 0.05) is 17.1 Å². The first kappa shape index (κ1) is 16.7. The molecule has 6 heteroatoms. The van der Waals surface area contributed by atoms with Gasteiger partial charge in [0.1, 0.15) is 12.4 Å². The van der Waals surface area contributed by atoms with Gasteiger partial charge in [-0.05, 0) is 30.2 Å². The van der Waals surface area contributed by atoms with Crippen LogP contribution in [-0.4, -0.2) is 16.4 Å². The van der Waals surface area contributed by atoms with E-state index >= 15 is 0 Å². The monoisotopic (exact) mass is 339 g/mol. The zero-order valence-corrected chi connectivity index (χ0v) is 13.8. The highest BCUT2D eigenvalue weighted by molar-refractivity contribution is 5.87. The highest BCUT2D eigenvalue weighted by atomic mass is 19.1. The second-order valence-corrected chi connectivity index (χ2v) is 5.82. The molecule has 0 saturated heterocycles. The first-order valence-electron chi connectivity index (χ1n) is 7.90. The Labute approximate surface area is 144 Å². The second-order valence-electron chi connectivity index (χ2n) is 5.82. The number of carbonyl (C=O) groups excluding carboxylic acids is 2. The van der Waals surface area contributed by atoms with E-state index in [9.17, 15) is 14.0 Å². The van der Waals surface area contributed by atoms with Crippen molar-refractivity contribution in [2.24, 2.45) is 0 Å². The number of fused-ring (bicyclic) bond motifs is 1. The summed E-state index contributed by atoms with van der Waals surface area (Å²) in [6, 6.07) is 13.8. The van der Waals surface area contributed by atoms with Crippen LogP contribution in [0.5, 0.6) is 0 Å². The molecule has 0 saturated carbocycles. The molecule has 0 fully saturated rings. The molecule has 1 aromatic heterocycles. The predicted octanol–water partition coefficient (Wildman–Crippen LogP) is 2.48. The Bertz CT molecular complexity index is 933. The number of para-hydroxylation sites is 1. The molecule has 25 heavy (non-hydrogen) atoms. The summed E-state index contributed by atoms with van der Waals surface area (Å²) < 4.78 is 15.3. The number of halogens is 1. The molecule has 0 aliphatic heterocycles. The molecule has 0 spiro atoms. The number of nitrogens with one attached hydrogen (secondary N) is 2. The van der Waals surface area contributed by atoms with Crippen LogP contribution in [0.25, 0.3) is 10.9 Å². The summed E-state index contributed by atoms with van der Waals surface area (Å²) in [5, 5.41) is 1.08. The number of carbonyl (C=O) groups is 2. The molecular formula is C19H18FN3O2. The van der Waals surface area contributed by atoms with Crippen molar-refractivity contribution >= 4 is 22.7 Å². The number of aromatic nitrogens is 1. The normalized spacial score (nSPS) is 10.6. The van der Waals surface area contributed by atoms with Gasteiger partial charge in [-0.1, -0.05) is 36.4 Å². The molecular weight excluding hydrogens is 321 g/mol. The van der Waals surface area contributed by atoms with Crippen LogP contribution in [0.15, 0.2) is 54.7 Å². The Kier molecular flexibility index (Phi) is 4.79. The Balaban J connectivity index is 1.57. The van der Waals surface area contributed by atoms with Crippen molar-refractivity contribution in [1.29, 1.82) is 0 Å². The lowest BCUT2D eigenvalue weighted by Gasteiger charge is -2.09. The number of nitrogens with zero attached hydrogens (tertiary/aromatic N) is 1. The lowest BCUT2D eigenvalue weighted by Crippen LogP contribution is -2.43. The molecule has 0 bridgehead atoms. The third-order valence-corrected chi connectivity index (χ3v) is 3.95. The lowest BCUT2D eigenvalue weighted by atomic mass is 10.1. The SMILES string of the molecule is Cc1cn(CC(=O)NNC(=O)Cc2ccccc2F)c2ccccc12. The third kappa shape index (κ3) is 3.85. The number of aryl methyl sites for hydroxylation is 1. The minimum Gasteiger partial charge on any atom is -0.338 e. The summed E-state index contributed by atoms with van der Waals surface area (Å²) in [5.41, 5.74) is 6.98. The molecule has 0 aliphatic rings. The van der Waals surface area contributed by atoms with Gasteiger partial charge in [0.25, 0.3) is 5.91 Å². The summed E-state index contributed by atoms with van der Waals surface area (Å²) in [4.78, 5) is 23.9. The zero-order valence-electron chi connectivity index (χ0n) is 13.8. The highest BCUT2D eigenvalue weighted by Gasteiger charge is 2.11. The fourth-order valence-corrected chi connectivity index (χ4v) is 2.75. The molecule has 0 unspecified atom stereocenters. The molecule has 3 rings (SSSR count). The molecule has 2 N–H and O–H groups in total. The van der Waals surface area contributed by atoms with Crippen molar-refractivity contribution in [2.75, 3.05) is 0 Å². The summed E-state index contributed by atoms with van der Waals surface area (Å²) in [6.07, 6.45) is 1.75. The van der Waals surface area contributed by atoms with E-state index in [1.807, 2.05) is 42.0 Å². The molecule has 0 aliphatic carbocycles. The Hall–Kier alpha value is -3.15. The third-order valence-electron chi connectivity index (χ3n) is 3.95. The van der Waals surface area contributed by atoms with Crippen LogP contribution in [-0.2, 0) is 22.6 Å². The van der Waals surface area contributed by atoms with E-state index in [1.54, 1.807) is 12.1 Å². The average molecular weight is 339 g/mol. The van der Waals surface area contributed by atoms with Crippen molar-refractivity contribution in [3.05, 3.63) is 71.7 Å². The lowest BCUT2D eigenvalue weighted by molar-refractivity contribution is -0.128.